The number of aromatic nitrogens is 1. The van der Waals surface area contributed by atoms with Crippen LogP contribution in [0, 0.1) is 0 Å². The maximum absolute atomic E-state index is 12.3. The van der Waals surface area contributed by atoms with Crippen molar-refractivity contribution in [2.24, 2.45) is 5.73 Å². The van der Waals surface area contributed by atoms with Crippen molar-refractivity contribution in [3.8, 4) is 0 Å². The van der Waals surface area contributed by atoms with E-state index in [1.165, 1.54) is 0 Å². The van der Waals surface area contributed by atoms with Crippen molar-refractivity contribution in [2.45, 2.75) is 19.0 Å². The van der Waals surface area contributed by atoms with Crippen LogP contribution >= 0.6 is 0 Å². The van der Waals surface area contributed by atoms with Gasteiger partial charge in [-0.25, -0.2) is 0 Å². The van der Waals surface area contributed by atoms with Gasteiger partial charge in [0.1, 0.15) is 0 Å². The first kappa shape index (κ1) is 11.0. The molecule has 1 rings (SSSR count). The van der Waals surface area contributed by atoms with Crippen molar-refractivity contribution >= 4 is 0 Å². The van der Waals surface area contributed by atoms with Crippen molar-refractivity contribution < 1.29 is 13.2 Å². The molecule has 0 aromatic carbocycles. The van der Waals surface area contributed by atoms with E-state index in [0.717, 1.165) is 18.3 Å². The highest BCUT2D eigenvalue weighted by Gasteiger charge is 2.30. The molecule has 0 amide bonds. The molecule has 0 aliphatic heterocycles. The molecular weight excluding hydrogens is 193 g/mol. The number of rotatable bonds is 2. The predicted octanol–water partition coefficient (Wildman–Crippen LogP) is 2.16. The standard InChI is InChI=1S/C9H11F3N2/c1-6(5-13)8-4-7(2-3-14-8)9(10,11)12/h2-4,6H,5,13H2,1H3/t6-/m0/s1. The van der Waals surface area contributed by atoms with Gasteiger partial charge in [0.2, 0.25) is 0 Å². The number of nitrogens with two attached hydrogens (primary N) is 1. The minimum absolute atomic E-state index is 0.155. The molecule has 0 bridgehead atoms. The summed E-state index contributed by atoms with van der Waals surface area (Å²) >= 11 is 0. The first-order valence-corrected chi connectivity index (χ1v) is 4.18. The molecule has 2 N–H and O–H groups in total. The highest BCUT2D eigenvalue weighted by atomic mass is 19.4. The molecule has 1 aromatic rings. The fraction of sp³-hybridized carbons (Fsp3) is 0.444. The first-order valence-electron chi connectivity index (χ1n) is 4.18. The molecule has 1 atom stereocenters. The molecule has 78 valence electrons. The fourth-order valence-corrected chi connectivity index (χ4v) is 1.01. The van der Waals surface area contributed by atoms with Crippen molar-refractivity contribution in [1.29, 1.82) is 0 Å². The third kappa shape index (κ3) is 2.45. The van der Waals surface area contributed by atoms with Crippen LogP contribution in [-0.4, -0.2) is 11.5 Å². The fourth-order valence-electron chi connectivity index (χ4n) is 1.01. The van der Waals surface area contributed by atoms with E-state index in [4.69, 9.17) is 5.73 Å². The summed E-state index contributed by atoms with van der Waals surface area (Å²) in [5.41, 5.74) is 5.04. The third-order valence-electron chi connectivity index (χ3n) is 1.97. The number of nitrogens with zero attached hydrogens (tertiary/aromatic N) is 1. The molecule has 0 unspecified atom stereocenters. The summed E-state index contributed by atoms with van der Waals surface area (Å²) < 4.78 is 36.8. The average molecular weight is 204 g/mol. The Labute approximate surface area is 79.9 Å². The molecule has 0 saturated carbocycles. The summed E-state index contributed by atoms with van der Waals surface area (Å²) in [6, 6.07) is 1.99. The van der Waals surface area contributed by atoms with Crippen LogP contribution in [0.15, 0.2) is 18.3 Å². The van der Waals surface area contributed by atoms with Gasteiger partial charge in [-0.1, -0.05) is 6.92 Å². The van der Waals surface area contributed by atoms with E-state index >= 15 is 0 Å². The highest BCUT2D eigenvalue weighted by Crippen LogP contribution is 2.29. The average Bonchev–Trinajstić information content (AvgIpc) is 2.15. The van der Waals surface area contributed by atoms with Gasteiger partial charge < -0.3 is 5.73 Å². The van der Waals surface area contributed by atoms with Crippen LogP contribution in [0.5, 0.6) is 0 Å². The summed E-state index contributed by atoms with van der Waals surface area (Å²) in [5.74, 6) is -0.155. The summed E-state index contributed by atoms with van der Waals surface area (Å²) in [7, 11) is 0. The van der Waals surface area contributed by atoms with Crippen molar-refractivity contribution in [1.82, 2.24) is 4.98 Å². The van der Waals surface area contributed by atoms with Crippen LogP contribution in [0.3, 0.4) is 0 Å². The third-order valence-corrected chi connectivity index (χ3v) is 1.97. The number of alkyl halides is 3. The number of halogens is 3. The molecule has 0 aliphatic carbocycles. The van der Waals surface area contributed by atoms with E-state index in [-0.39, 0.29) is 12.5 Å². The predicted molar refractivity (Wildman–Crippen MR) is 46.7 cm³/mol. The maximum atomic E-state index is 12.3. The molecule has 1 heterocycles. The zero-order valence-corrected chi connectivity index (χ0v) is 7.67. The lowest BCUT2D eigenvalue weighted by Crippen LogP contribution is -2.12. The molecule has 0 radical (unpaired) electrons. The summed E-state index contributed by atoms with van der Waals surface area (Å²) in [5, 5.41) is 0. The van der Waals surface area contributed by atoms with Crippen LogP contribution in [0.25, 0.3) is 0 Å². The Kier molecular flexibility index (Phi) is 3.10. The smallest absolute Gasteiger partial charge is 0.330 e. The monoisotopic (exact) mass is 204 g/mol. The van der Waals surface area contributed by atoms with Gasteiger partial charge in [0.05, 0.1) is 5.56 Å². The van der Waals surface area contributed by atoms with Crippen LogP contribution < -0.4 is 5.73 Å². The van der Waals surface area contributed by atoms with Crippen LogP contribution in [0.2, 0.25) is 0 Å². The van der Waals surface area contributed by atoms with E-state index < -0.39 is 11.7 Å². The van der Waals surface area contributed by atoms with E-state index in [1.54, 1.807) is 6.92 Å². The van der Waals surface area contributed by atoms with E-state index in [9.17, 15) is 13.2 Å². The quantitative estimate of drug-likeness (QED) is 0.801. The van der Waals surface area contributed by atoms with E-state index in [0.29, 0.717) is 5.69 Å². The Morgan fingerprint density at radius 3 is 2.64 bits per heavy atom. The maximum Gasteiger partial charge on any atom is 0.416 e. The van der Waals surface area contributed by atoms with Gasteiger partial charge in [-0.3, -0.25) is 4.98 Å². The second-order valence-electron chi connectivity index (χ2n) is 3.10. The molecular formula is C9H11F3N2. The normalized spacial score (nSPS) is 14.1. The zero-order chi connectivity index (χ0) is 10.8. The van der Waals surface area contributed by atoms with Crippen LogP contribution in [0.1, 0.15) is 24.1 Å². The number of hydrogen-bond donors (Lipinski definition) is 1. The van der Waals surface area contributed by atoms with Gasteiger partial charge in [-0.05, 0) is 12.1 Å². The molecule has 0 fully saturated rings. The first-order chi connectivity index (χ1) is 6.45. The van der Waals surface area contributed by atoms with E-state index in [1.807, 2.05) is 0 Å². The van der Waals surface area contributed by atoms with Crippen molar-refractivity contribution in [3.63, 3.8) is 0 Å². The molecule has 0 aliphatic rings. The molecule has 2 nitrogen and oxygen atoms in total. The van der Waals surface area contributed by atoms with Gasteiger partial charge in [0.25, 0.3) is 0 Å². The van der Waals surface area contributed by atoms with Crippen molar-refractivity contribution in [2.75, 3.05) is 6.54 Å². The van der Waals surface area contributed by atoms with Gasteiger partial charge in [0.15, 0.2) is 0 Å². The minimum Gasteiger partial charge on any atom is -0.330 e. The lowest BCUT2D eigenvalue weighted by Gasteiger charge is -2.11. The Morgan fingerprint density at radius 1 is 1.50 bits per heavy atom. The van der Waals surface area contributed by atoms with Gasteiger partial charge in [-0.15, -0.1) is 0 Å². The summed E-state index contributed by atoms with van der Waals surface area (Å²) in [4.78, 5) is 3.84. The lowest BCUT2D eigenvalue weighted by atomic mass is 10.1. The molecule has 14 heavy (non-hydrogen) atoms. The second-order valence-corrected chi connectivity index (χ2v) is 3.10. The Morgan fingerprint density at radius 2 is 2.14 bits per heavy atom. The Bertz CT molecular complexity index is 309. The molecule has 0 spiro atoms. The SMILES string of the molecule is C[C@@H](CN)c1cc(C(F)(F)F)ccn1. The van der Waals surface area contributed by atoms with Gasteiger partial charge >= 0.3 is 6.18 Å². The largest absolute Gasteiger partial charge is 0.416 e. The van der Waals surface area contributed by atoms with E-state index in [2.05, 4.69) is 4.98 Å². The number of pyridine rings is 1. The lowest BCUT2D eigenvalue weighted by molar-refractivity contribution is -0.137. The van der Waals surface area contributed by atoms with Crippen LogP contribution in [0.4, 0.5) is 13.2 Å². The second kappa shape index (κ2) is 3.96. The summed E-state index contributed by atoms with van der Waals surface area (Å²) in [6.45, 7) is 2.02. The zero-order valence-electron chi connectivity index (χ0n) is 7.67. The van der Waals surface area contributed by atoms with Gasteiger partial charge in [-0.2, -0.15) is 13.2 Å². The van der Waals surface area contributed by atoms with Crippen LogP contribution in [-0.2, 0) is 6.18 Å². The van der Waals surface area contributed by atoms with Crippen molar-refractivity contribution in [3.05, 3.63) is 29.6 Å². The molecule has 0 saturated heterocycles. The highest BCUT2D eigenvalue weighted by molar-refractivity contribution is 5.21. The number of hydrogen-bond acceptors (Lipinski definition) is 2. The summed E-state index contributed by atoms with van der Waals surface area (Å²) in [6.07, 6.45) is -3.16. The Balaban J connectivity index is 3.01. The van der Waals surface area contributed by atoms with Gasteiger partial charge in [0, 0.05) is 24.4 Å². The molecule has 1 aromatic heterocycles. The Hall–Kier alpha value is -1.10. The minimum atomic E-state index is -4.31. The molecule has 5 heteroatoms. The topological polar surface area (TPSA) is 38.9 Å².